The predicted molar refractivity (Wildman–Crippen MR) is 155 cm³/mol. The van der Waals surface area contributed by atoms with Gasteiger partial charge in [0.2, 0.25) is 11.8 Å². The number of nitrogens with zero attached hydrogens (tertiary/aromatic N) is 6. The first kappa shape index (κ1) is 30.3. The minimum absolute atomic E-state index is 0. The number of hydrogen-bond donors (Lipinski definition) is 3. The summed E-state index contributed by atoms with van der Waals surface area (Å²) >= 11 is 2.90. The van der Waals surface area contributed by atoms with Gasteiger partial charge in [-0.05, 0) is 19.2 Å². The number of thiazole rings is 1. The van der Waals surface area contributed by atoms with Gasteiger partial charge < -0.3 is 16.0 Å². The molecule has 14 heteroatoms. The second kappa shape index (κ2) is 14.2. The predicted octanol–water partition coefficient (Wildman–Crippen LogP) is 2.94. The third kappa shape index (κ3) is 8.61. The molecule has 2 aromatic heterocycles. The fourth-order valence-electron chi connectivity index (χ4n) is 3.79. The van der Waals surface area contributed by atoms with E-state index in [-0.39, 0.29) is 35.6 Å². The Hall–Kier alpha value is -3.28. The lowest BCUT2D eigenvalue weighted by Crippen LogP contribution is -2.52. The number of likely N-dealkylation sites (N-methyl/N-ethyl adjacent to an activating group) is 1. The Kier molecular flexibility index (Phi) is 11.0. The van der Waals surface area contributed by atoms with Crippen LogP contribution in [0.3, 0.4) is 0 Å². The molecule has 0 saturated carbocycles. The third-order valence-electron chi connectivity index (χ3n) is 5.81. The van der Waals surface area contributed by atoms with Gasteiger partial charge in [0.1, 0.15) is 17.5 Å². The Morgan fingerprint density at radius 1 is 1.15 bits per heavy atom. The van der Waals surface area contributed by atoms with Gasteiger partial charge in [-0.2, -0.15) is 5.26 Å². The van der Waals surface area contributed by atoms with Gasteiger partial charge in [-0.25, -0.2) is 20.0 Å². The van der Waals surface area contributed by atoms with E-state index in [2.05, 4.69) is 43.7 Å². The molecular weight excluding hydrogens is 558 g/mol. The van der Waals surface area contributed by atoms with Crippen LogP contribution in [0.4, 0.5) is 11.5 Å². The molecule has 4 N–H and O–H groups in total. The molecule has 206 valence electrons. The first-order valence-electron chi connectivity index (χ1n) is 12.1. The van der Waals surface area contributed by atoms with Gasteiger partial charge in [-0.1, -0.05) is 23.9 Å². The molecule has 1 fully saturated rings. The number of nitrogens with one attached hydrogen (secondary N) is 2. The number of nitrogen functional groups attached to an aromatic ring is 1. The molecule has 0 bridgehead atoms. The molecule has 39 heavy (non-hydrogen) atoms. The highest BCUT2D eigenvalue weighted by molar-refractivity contribution is 7.98. The number of benzene rings is 1. The molecule has 11 nitrogen and oxygen atoms in total. The molecule has 1 saturated heterocycles. The molecule has 1 aliphatic rings. The Balaban J connectivity index is 0.00000420. The summed E-state index contributed by atoms with van der Waals surface area (Å²) in [5.41, 5.74) is 11.9. The number of anilines is 2. The number of nitriles is 1. The number of hydrazine groups is 1. The molecule has 0 radical (unpaired) electrons. The van der Waals surface area contributed by atoms with Crippen LogP contribution in [0, 0.1) is 11.3 Å². The molecule has 2 amide bonds. The highest BCUT2D eigenvalue weighted by Crippen LogP contribution is 2.30. The third-order valence-corrected chi connectivity index (χ3v) is 7.65. The molecule has 3 aromatic rings. The van der Waals surface area contributed by atoms with Gasteiger partial charge in [0.25, 0.3) is 0 Å². The summed E-state index contributed by atoms with van der Waals surface area (Å²) in [4.78, 5) is 39.4. The molecule has 1 aromatic carbocycles. The molecule has 0 unspecified atom stereocenters. The van der Waals surface area contributed by atoms with Gasteiger partial charge in [-0.3, -0.25) is 15.0 Å². The van der Waals surface area contributed by atoms with E-state index in [0.717, 1.165) is 36.9 Å². The van der Waals surface area contributed by atoms with E-state index in [1.165, 1.54) is 30.0 Å². The van der Waals surface area contributed by atoms with Crippen molar-refractivity contribution in [3.05, 3.63) is 45.9 Å². The maximum absolute atomic E-state index is 12.3. The first-order chi connectivity index (χ1) is 18.3. The molecule has 3 heterocycles. The van der Waals surface area contributed by atoms with Crippen LogP contribution in [-0.2, 0) is 21.8 Å². The first-order valence-corrected chi connectivity index (χ1v) is 13.9. The highest BCUT2D eigenvalue weighted by atomic mass is 35.5. The van der Waals surface area contributed by atoms with Gasteiger partial charge in [0.05, 0.1) is 16.4 Å². The summed E-state index contributed by atoms with van der Waals surface area (Å²) < 4.78 is 0. The minimum atomic E-state index is -0.167. The van der Waals surface area contributed by atoms with Crippen molar-refractivity contribution in [1.29, 1.82) is 5.26 Å². The van der Waals surface area contributed by atoms with E-state index in [4.69, 9.17) is 5.73 Å². The normalized spacial score (nSPS) is 13.8. The van der Waals surface area contributed by atoms with E-state index >= 15 is 0 Å². The molecule has 0 spiro atoms. The molecule has 1 aliphatic heterocycles. The Morgan fingerprint density at radius 2 is 1.87 bits per heavy atom. The quantitative estimate of drug-likeness (QED) is 0.251. The molecular formula is C25H30ClN9O2S2. The van der Waals surface area contributed by atoms with Crippen LogP contribution in [0.15, 0.2) is 34.8 Å². The summed E-state index contributed by atoms with van der Waals surface area (Å²) in [6, 6.07) is 9.11. The van der Waals surface area contributed by atoms with Gasteiger partial charge in [0, 0.05) is 68.3 Å². The van der Waals surface area contributed by atoms with Gasteiger partial charge in [0.15, 0.2) is 5.16 Å². The number of carbonyl (C=O) groups is 2. The minimum Gasteiger partial charge on any atom is -0.382 e. The summed E-state index contributed by atoms with van der Waals surface area (Å²) in [5, 5.41) is 17.6. The number of aryl methyl sites for hydroxylation is 1. The molecule has 0 aliphatic carbocycles. The van der Waals surface area contributed by atoms with Crippen molar-refractivity contribution in [3.63, 3.8) is 0 Å². The van der Waals surface area contributed by atoms with E-state index in [9.17, 15) is 14.9 Å². The van der Waals surface area contributed by atoms with Crippen LogP contribution in [-0.4, -0.2) is 69.9 Å². The zero-order valence-corrected chi connectivity index (χ0v) is 24.1. The number of piperazine rings is 1. The maximum Gasteiger partial charge on any atom is 0.234 e. The monoisotopic (exact) mass is 587 g/mol. The lowest BCUT2D eigenvalue weighted by molar-refractivity contribution is -0.126. The number of aromatic nitrogens is 3. The Morgan fingerprint density at radius 3 is 2.54 bits per heavy atom. The number of carbonyl (C=O) groups excluding carboxylic acids is 2. The number of halogens is 1. The van der Waals surface area contributed by atoms with Crippen LogP contribution in [0.5, 0.6) is 0 Å². The fraction of sp³-hybridized carbons (Fsp3) is 0.360. The molecule has 0 atom stereocenters. The fourth-order valence-corrected chi connectivity index (χ4v) is 5.44. The Bertz CT molecular complexity index is 1340. The number of amides is 2. The summed E-state index contributed by atoms with van der Waals surface area (Å²) in [6.45, 7) is 4.97. The topological polar surface area (TPSA) is 153 Å². The highest BCUT2D eigenvalue weighted by Gasteiger charge is 2.17. The lowest BCUT2D eigenvalue weighted by atomic mass is 10.1. The largest absolute Gasteiger partial charge is 0.382 e. The maximum atomic E-state index is 12.3. The zero-order valence-electron chi connectivity index (χ0n) is 21.6. The lowest BCUT2D eigenvalue weighted by Gasteiger charge is -2.32. The number of thioether (sulfide) groups is 1. The zero-order chi connectivity index (χ0) is 27.1. The average molecular weight is 588 g/mol. The van der Waals surface area contributed by atoms with Crippen molar-refractivity contribution >= 4 is 58.8 Å². The summed E-state index contributed by atoms with van der Waals surface area (Å²) in [6.07, 6.45) is 0.958. The second-order valence-electron chi connectivity index (χ2n) is 8.83. The van der Waals surface area contributed by atoms with Crippen molar-refractivity contribution in [2.75, 3.05) is 44.3 Å². The van der Waals surface area contributed by atoms with Gasteiger partial charge in [-0.15, -0.1) is 23.7 Å². The van der Waals surface area contributed by atoms with Crippen molar-refractivity contribution in [2.24, 2.45) is 0 Å². The van der Waals surface area contributed by atoms with Gasteiger partial charge >= 0.3 is 0 Å². The van der Waals surface area contributed by atoms with Crippen molar-refractivity contribution < 1.29 is 9.59 Å². The number of rotatable bonds is 9. The van der Waals surface area contributed by atoms with Crippen LogP contribution in [0.25, 0.3) is 11.3 Å². The number of nitrogens with two attached hydrogens (primary N) is 1. The average Bonchev–Trinajstić information content (AvgIpc) is 3.35. The van der Waals surface area contributed by atoms with E-state index < -0.39 is 0 Å². The summed E-state index contributed by atoms with van der Waals surface area (Å²) in [5.74, 6) is 0.464. The standard InChI is InChI=1S/C25H29N9O2S2.ClH/c1-16(35)28-18-5-3-17(4-6-18)23-20(13-26)24(27)31-25(30-23)38-15-19-14-37-22(29-19)8-7-21(36)32-34-11-9-33(2)10-12-34;/h3-6,14H,7-12,15H2,1-2H3,(H,28,35)(H,32,36)(H2,27,30,31);1H. The van der Waals surface area contributed by atoms with Crippen LogP contribution in [0.2, 0.25) is 0 Å². The van der Waals surface area contributed by atoms with E-state index in [1.807, 2.05) is 10.4 Å². The van der Waals surface area contributed by atoms with E-state index in [0.29, 0.717) is 40.7 Å². The summed E-state index contributed by atoms with van der Waals surface area (Å²) in [7, 11) is 2.08. The number of hydrogen-bond acceptors (Lipinski definition) is 11. The van der Waals surface area contributed by atoms with Crippen LogP contribution in [0.1, 0.15) is 29.6 Å². The molecule has 4 rings (SSSR count). The van der Waals surface area contributed by atoms with Crippen LogP contribution < -0.4 is 16.5 Å². The van der Waals surface area contributed by atoms with Crippen molar-refractivity contribution in [3.8, 4) is 17.3 Å². The van der Waals surface area contributed by atoms with E-state index in [1.54, 1.807) is 24.3 Å². The van der Waals surface area contributed by atoms with Crippen molar-refractivity contribution in [1.82, 2.24) is 30.3 Å². The Labute approximate surface area is 241 Å². The van der Waals surface area contributed by atoms with Crippen molar-refractivity contribution in [2.45, 2.75) is 30.7 Å². The smallest absolute Gasteiger partial charge is 0.234 e. The second-order valence-corrected chi connectivity index (χ2v) is 10.7. The van der Waals surface area contributed by atoms with Crippen LogP contribution >= 0.6 is 35.5 Å². The SMILES string of the molecule is CC(=O)Nc1ccc(-c2nc(SCc3csc(CCC(=O)NN4CCN(C)CC4)n3)nc(N)c2C#N)cc1.Cl.